The van der Waals surface area contributed by atoms with Crippen molar-refractivity contribution in [2.45, 2.75) is 13.0 Å². The van der Waals surface area contributed by atoms with Gasteiger partial charge in [-0.3, -0.25) is 0 Å². The number of likely N-dealkylation sites (N-methyl/N-ethyl adjacent to an activating group) is 1. The summed E-state index contributed by atoms with van der Waals surface area (Å²) < 4.78 is 5.07. The summed E-state index contributed by atoms with van der Waals surface area (Å²) in [6.45, 7) is 4.65. The molecule has 0 saturated carbocycles. The third-order valence-electron chi connectivity index (χ3n) is 3.49. The molecule has 0 aromatic heterocycles. The SMILES string of the molecule is CCN(CC1CO[C]=N1)c1ccc2ccccc2c1. The molecule has 1 radical (unpaired) electrons. The molecule has 2 aromatic rings. The van der Waals surface area contributed by atoms with Crippen LogP contribution in [0.5, 0.6) is 0 Å². The van der Waals surface area contributed by atoms with E-state index in [2.05, 4.69) is 65.7 Å². The van der Waals surface area contributed by atoms with Crippen molar-refractivity contribution in [3.05, 3.63) is 42.5 Å². The molecule has 0 N–H and O–H groups in total. The highest BCUT2D eigenvalue weighted by molar-refractivity contribution is 5.85. The Balaban J connectivity index is 1.85. The van der Waals surface area contributed by atoms with Gasteiger partial charge in [-0.1, -0.05) is 30.3 Å². The van der Waals surface area contributed by atoms with E-state index in [0.29, 0.717) is 6.61 Å². The Kier molecular flexibility index (Phi) is 3.36. The lowest BCUT2D eigenvalue weighted by atomic mass is 10.1. The van der Waals surface area contributed by atoms with Crippen molar-refractivity contribution in [1.29, 1.82) is 0 Å². The number of aliphatic imine (C=N–C) groups is 1. The maximum atomic E-state index is 5.07. The standard InChI is InChI=1S/C16H17N2O/c1-2-18(10-15-11-19-12-17-15)16-8-7-13-5-3-4-6-14(13)9-16/h3-9,15H,2,10-11H2,1H3. The van der Waals surface area contributed by atoms with E-state index in [1.54, 1.807) is 0 Å². The zero-order chi connectivity index (χ0) is 13.1. The number of rotatable bonds is 4. The number of anilines is 1. The second-order valence-corrected chi connectivity index (χ2v) is 4.76. The van der Waals surface area contributed by atoms with Crippen LogP contribution in [-0.4, -0.2) is 32.1 Å². The molecule has 1 unspecified atom stereocenters. The van der Waals surface area contributed by atoms with Crippen molar-refractivity contribution in [2.75, 3.05) is 24.6 Å². The third-order valence-corrected chi connectivity index (χ3v) is 3.49. The maximum Gasteiger partial charge on any atom is 0.273 e. The van der Waals surface area contributed by atoms with E-state index in [-0.39, 0.29) is 6.04 Å². The molecule has 0 spiro atoms. The normalized spacial score (nSPS) is 17.6. The van der Waals surface area contributed by atoms with Gasteiger partial charge >= 0.3 is 0 Å². The zero-order valence-electron chi connectivity index (χ0n) is 11.0. The highest BCUT2D eigenvalue weighted by atomic mass is 16.5. The molecular formula is C16H17N2O. The fourth-order valence-electron chi connectivity index (χ4n) is 2.42. The van der Waals surface area contributed by atoms with Gasteiger partial charge in [-0.15, -0.1) is 0 Å². The molecule has 3 rings (SSSR count). The molecule has 3 heteroatoms. The minimum atomic E-state index is 0.200. The largest absolute Gasteiger partial charge is 0.472 e. The first-order valence-corrected chi connectivity index (χ1v) is 6.67. The summed E-state index contributed by atoms with van der Waals surface area (Å²) in [4.78, 5) is 6.53. The molecule has 97 valence electrons. The van der Waals surface area contributed by atoms with Crippen LogP contribution in [-0.2, 0) is 4.74 Å². The van der Waals surface area contributed by atoms with E-state index >= 15 is 0 Å². The quantitative estimate of drug-likeness (QED) is 0.836. The summed E-state index contributed by atoms with van der Waals surface area (Å²) >= 11 is 0. The number of nitrogens with zero attached hydrogens (tertiary/aromatic N) is 2. The highest BCUT2D eigenvalue weighted by Gasteiger charge is 2.16. The van der Waals surface area contributed by atoms with Gasteiger partial charge in [0.15, 0.2) is 0 Å². The van der Waals surface area contributed by atoms with Crippen LogP contribution in [0.3, 0.4) is 0 Å². The average molecular weight is 253 g/mol. The average Bonchev–Trinajstić information content (AvgIpc) is 2.97. The second kappa shape index (κ2) is 5.31. The minimum Gasteiger partial charge on any atom is -0.472 e. The number of fused-ring (bicyclic) bond motifs is 1. The first-order valence-electron chi connectivity index (χ1n) is 6.67. The number of hydrogen-bond acceptors (Lipinski definition) is 3. The lowest BCUT2D eigenvalue weighted by molar-refractivity contribution is 0.328. The molecule has 0 aliphatic carbocycles. The highest BCUT2D eigenvalue weighted by Crippen LogP contribution is 2.22. The Morgan fingerprint density at radius 1 is 1.26 bits per heavy atom. The summed E-state index contributed by atoms with van der Waals surface area (Å²) in [6, 6.07) is 15.2. The van der Waals surface area contributed by atoms with Crippen molar-refractivity contribution >= 4 is 22.9 Å². The minimum absolute atomic E-state index is 0.200. The molecule has 0 bridgehead atoms. The zero-order valence-corrected chi connectivity index (χ0v) is 11.0. The molecule has 1 aliphatic rings. The van der Waals surface area contributed by atoms with Gasteiger partial charge < -0.3 is 9.64 Å². The van der Waals surface area contributed by atoms with E-state index < -0.39 is 0 Å². The van der Waals surface area contributed by atoms with Crippen LogP contribution >= 0.6 is 0 Å². The van der Waals surface area contributed by atoms with Crippen LogP contribution in [0, 0.1) is 0 Å². The van der Waals surface area contributed by atoms with Crippen LogP contribution in [0.15, 0.2) is 47.5 Å². The fourth-order valence-corrected chi connectivity index (χ4v) is 2.42. The number of hydrogen-bond donors (Lipinski definition) is 0. The predicted molar refractivity (Wildman–Crippen MR) is 79.0 cm³/mol. The van der Waals surface area contributed by atoms with Gasteiger partial charge in [0, 0.05) is 18.8 Å². The Bertz CT molecular complexity index is 594. The number of benzene rings is 2. The summed E-state index contributed by atoms with van der Waals surface area (Å²) in [5, 5.41) is 2.55. The Labute approximate surface area is 113 Å². The van der Waals surface area contributed by atoms with Gasteiger partial charge in [0.2, 0.25) is 0 Å². The van der Waals surface area contributed by atoms with Gasteiger partial charge in [-0.2, -0.15) is 0 Å². The van der Waals surface area contributed by atoms with Gasteiger partial charge in [-0.05, 0) is 29.8 Å². The molecule has 1 atom stereocenters. The molecular weight excluding hydrogens is 236 g/mol. The third kappa shape index (κ3) is 2.55. The van der Waals surface area contributed by atoms with Gasteiger partial charge in [0.1, 0.15) is 12.6 Å². The molecule has 1 heterocycles. The molecule has 0 saturated heterocycles. The second-order valence-electron chi connectivity index (χ2n) is 4.76. The van der Waals surface area contributed by atoms with Crippen molar-refractivity contribution < 1.29 is 4.74 Å². The maximum absolute atomic E-state index is 5.07. The van der Waals surface area contributed by atoms with Gasteiger partial charge in [0.25, 0.3) is 6.40 Å². The fraction of sp³-hybridized carbons (Fsp3) is 0.312. The van der Waals surface area contributed by atoms with E-state index in [4.69, 9.17) is 4.74 Å². The Morgan fingerprint density at radius 2 is 2.11 bits per heavy atom. The van der Waals surface area contributed by atoms with Gasteiger partial charge in [0.05, 0.1) is 0 Å². The summed E-state index contributed by atoms with van der Waals surface area (Å²) in [6.07, 6.45) is 2.58. The van der Waals surface area contributed by atoms with Crippen LogP contribution in [0.25, 0.3) is 10.8 Å². The van der Waals surface area contributed by atoms with Crippen LogP contribution < -0.4 is 4.90 Å². The topological polar surface area (TPSA) is 24.8 Å². The molecule has 3 nitrogen and oxygen atoms in total. The van der Waals surface area contributed by atoms with Gasteiger partial charge in [-0.25, -0.2) is 4.99 Å². The molecule has 19 heavy (non-hydrogen) atoms. The van der Waals surface area contributed by atoms with Crippen LogP contribution in [0.1, 0.15) is 6.92 Å². The lowest BCUT2D eigenvalue weighted by Gasteiger charge is -2.25. The predicted octanol–water partition coefficient (Wildman–Crippen LogP) is 2.97. The monoisotopic (exact) mass is 253 g/mol. The summed E-state index contributed by atoms with van der Waals surface area (Å²) in [5.74, 6) is 0. The number of ether oxygens (including phenoxy) is 1. The van der Waals surface area contributed by atoms with E-state index in [9.17, 15) is 0 Å². The summed E-state index contributed by atoms with van der Waals surface area (Å²) in [5.41, 5.74) is 1.24. The van der Waals surface area contributed by atoms with E-state index in [1.165, 1.54) is 16.5 Å². The molecule has 0 amide bonds. The molecule has 2 aromatic carbocycles. The Morgan fingerprint density at radius 3 is 2.84 bits per heavy atom. The van der Waals surface area contributed by atoms with Crippen molar-refractivity contribution in [3.8, 4) is 0 Å². The Hall–Kier alpha value is -2.03. The van der Waals surface area contributed by atoms with E-state index in [1.807, 2.05) is 0 Å². The smallest absolute Gasteiger partial charge is 0.273 e. The first kappa shape index (κ1) is 12.0. The van der Waals surface area contributed by atoms with Crippen molar-refractivity contribution in [3.63, 3.8) is 0 Å². The van der Waals surface area contributed by atoms with Crippen molar-refractivity contribution in [1.82, 2.24) is 0 Å². The van der Waals surface area contributed by atoms with Crippen LogP contribution in [0.2, 0.25) is 0 Å². The molecule has 0 fully saturated rings. The first-order chi connectivity index (χ1) is 9.36. The molecule has 1 aliphatic heterocycles. The van der Waals surface area contributed by atoms with E-state index in [0.717, 1.165) is 13.1 Å². The lowest BCUT2D eigenvalue weighted by Crippen LogP contribution is -2.32. The summed E-state index contributed by atoms with van der Waals surface area (Å²) in [7, 11) is 0. The van der Waals surface area contributed by atoms with Crippen molar-refractivity contribution in [2.24, 2.45) is 4.99 Å². The van der Waals surface area contributed by atoms with Crippen LogP contribution in [0.4, 0.5) is 5.69 Å².